The fourth-order valence-corrected chi connectivity index (χ4v) is 5.82. The molecule has 1 saturated heterocycles. The van der Waals surface area contributed by atoms with E-state index in [-0.39, 0.29) is 23.7 Å². The molecule has 5 heterocycles. The van der Waals surface area contributed by atoms with Crippen LogP contribution in [0.25, 0.3) is 32.3 Å². The van der Waals surface area contributed by atoms with Gasteiger partial charge >= 0.3 is 0 Å². The van der Waals surface area contributed by atoms with E-state index in [9.17, 15) is 14.0 Å². The van der Waals surface area contributed by atoms with Crippen molar-refractivity contribution in [2.75, 3.05) is 32.1 Å². The first kappa shape index (κ1) is 21.9. The van der Waals surface area contributed by atoms with Crippen molar-refractivity contribution in [2.45, 2.75) is 18.6 Å². The number of para-hydroxylation sites is 1. The molecule has 1 fully saturated rings. The maximum absolute atomic E-state index is 15.0. The molecule has 0 spiro atoms. The zero-order valence-corrected chi connectivity index (χ0v) is 20.0. The highest BCUT2D eigenvalue weighted by atomic mass is 32.1. The molecule has 4 aromatic rings. The Bertz CT molecular complexity index is 1520. The number of benzene rings is 1. The van der Waals surface area contributed by atoms with Gasteiger partial charge in [-0.1, -0.05) is 18.2 Å². The van der Waals surface area contributed by atoms with E-state index in [4.69, 9.17) is 9.97 Å². The Hall–Kier alpha value is -3.63. The fourth-order valence-electron chi connectivity index (χ4n) is 5.05. The zero-order chi connectivity index (χ0) is 24.3. The third kappa shape index (κ3) is 3.52. The highest BCUT2D eigenvalue weighted by Crippen LogP contribution is 2.38. The smallest absolute Gasteiger partial charge is 0.261 e. The van der Waals surface area contributed by atoms with Gasteiger partial charge in [0.25, 0.3) is 11.8 Å². The number of piperidine rings is 1. The predicted molar refractivity (Wildman–Crippen MR) is 135 cm³/mol. The Balaban J connectivity index is 1.53. The predicted octanol–water partition coefficient (Wildman–Crippen LogP) is 3.22. The molecule has 8 nitrogen and oxygen atoms in total. The summed E-state index contributed by atoms with van der Waals surface area (Å²) in [7, 11) is 3.76. The second-order valence-corrected chi connectivity index (χ2v) is 9.99. The van der Waals surface area contributed by atoms with Crippen LogP contribution < -0.4 is 10.2 Å². The summed E-state index contributed by atoms with van der Waals surface area (Å²) in [5.41, 5.74) is 2.15. The number of nitrogens with one attached hydrogen (secondary N) is 2. The molecule has 2 aliphatic rings. The minimum absolute atomic E-state index is 0.158. The van der Waals surface area contributed by atoms with Gasteiger partial charge in [-0.3, -0.25) is 14.9 Å². The molecule has 35 heavy (non-hydrogen) atoms. The summed E-state index contributed by atoms with van der Waals surface area (Å²) in [5, 5.41) is 5.91. The standard InChI is InChI=1S/C25H23FN6O2S/c1-31(2)18-7-9-32(12-16(18)26)25-28-17-6-4-3-5-14(17)21(29-25)20-19(22(33)30-23(20)34)15-11-27-24-13(15)8-10-35-24/h3-6,8,10-11,16,18,27H,7,9,12H2,1-2H3,(H,30,33,34)/t16-,18+/m1/s1. The van der Waals surface area contributed by atoms with E-state index < -0.39 is 18.0 Å². The molecular weight excluding hydrogens is 467 g/mol. The van der Waals surface area contributed by atoms with Crippen molar-refractivity contribution in [2.24, 2.45) is 0 Å². The molecule has 0 aliphatic carbocycles. The Kier molecular flexibility index (Phi) is 5.15. The van der Waals surface area contributed by atoms with E-state index in [2.05, 4.69) is 10.3 Å². The Morgan fingerprint density at radius 1 is 1.09 bits per heavy atom. The van der Waals surface area contributed by atoms with E-state index in [0.717, 1.165) is 10.2 Å². The molecule has 0 bridgehead atoms. The third-order valence-electron chi connectivity index (χ3n) is 6.78. The number of H-pyrrole nitrogens is 1. The number of thiophene rings is 1. The van der Waals surface area contributed by atoms with Gasteiger partial charge in [-0.15, -0.1) is 11.3 Å². The monoisotopic (exact) mass is 490 g/mol. The fraction of sp³-hybridized carbons (Fsp3) is 0.280. The Morgan fingerprint density at radius 2 is 1.89 bits per heavy atom. The van der Waals surface area contributed by atoms with Gasteiger partial charge in [-0.25, -0.2) is 14.4 Å². The number of hydrogen-bond acceptors (Lipinski definition) is 7. The van der Waals surface area contributed by atoms with Crippen LogP contribution in [0.1, 0.15) is 17.7 Å². The largest absolute Gasteiger partial charge is 0.352 e. The highest BCUT2D eigenvalue weighted by Gasteiger charge is 2.37. The van der Waals surface area contributed by atoms with Crippen molar-refractivity contribution < 1.29 is 14.0 Å². The summed E-state index contributed by atoms with van der Waals surface area (Å²) in [6, 6.07) is 9.13. The van der Waals surface area contributed by atoms with Crippen molar-refractivity contribution in [1.29, 1.82) is 0 Å². The number of amides is 2. The molecule has 10 heteroatoms. The van der Waals surface area contributed by atoms with Gasteiger partial charge in [0.2, 0.25) is 5.95 Å². The van der Waals surface area contributed by atoms with Gasteiger partial charge in [0.05, 0.1) is 28.9 Å². The molecule has 178 valence electrons. The number of nitrogens with zero attached hydrogens (tertiary/aromatic N) is 4. The van der Waals surface area contributed by atoms with Gasteiger partial charge in [-0.05, 0) is 38.0 Å². The number of alkyl halides is 1. The van der Waals surface area contributed by atoms with Crippen molar-refractivity contribution in [1.82, 2.24) is 25.2 Å². The molecule has 2 N–H and O–H groups in total. The molecule has 6 rings (SSSR count). The van der Waals surface area contributed by atoms with Gasteiger partial charge < -0.3 is 14.8 Å². The number of fused-ring (bicyclic) bond motifs is 2. The molecule has 2 aliphatic heterocycles. The van der Waals surface area contributed by atoms with Crippen molar-refractivity contribution in [3.05, 3.63) is 53.2 Å². The van der Waals surface area contributed by atoms with Crippen molar-refractivity contribution in [3.63, 3.8) is 0 Å². The van der Waals surface area contributed by atoms with E-state index in [1.54, 1.807) is 6.20 Å². The third-order valence-corrected chi connectivity index (χ3v) is 7.63. The topological polar surface area (TPSA) is 94.2 Å². The number of imide groups is 1. The molecule has 0 saturated carbocycles. The molecule has 0 unspecified atom stereocenters. The second-order valence-electron chi connectivity index (χ2n) is 9.07. The van der Waals surface area contributed by atoms with Crippen LogP contribution in [0.4, 0.5) is 10.3 Å². The number of carbonyl (C=O) groups excluding carboxylic acids is 2. The normalized spacial score (nSPS) is 21.1. The van der Waals surface area contributed by atoms with Crippen LogP contribution in [0, 0.1) is 0 Å². The number of aromatic nitrogens is 3. The number of halogens is 1. The first-order chi connectivity index (χ1) is 16.9. The first-order valence-electron chi connectivity index (χ1n) is 11.4. The maximum Gasteiger partial charge on any atom is 0.261 e. The lowest BCUT2D eigenvalue weighted by molar-refractivity contribution is -0.122. The quantitative estimate of drug-likeness (QED) is 0.427. The van der Waals surface area contributed by atoms with Gasteiger partial charge in [0, 0.05) is 35.1 Å². The summed E-state index contributed by atoms with van der Waals surface area (Å²) in [6.07, 6.45) is 1.32. The van der Waals surface area contributed by atoms with E-state index in [1.807, 2.05) is 59.6 Å². The lowest BCUT2D eigenvalue weighted by Crippen LogP contribution is -2.50. The summed E-state index contributed by atoms with van der Waals surface area (Å²) >= 11 is 1.53. The summed E-state index contributed by atoms with van der Waals surface area (Å²) in [4.78, 5) is 43.4. The van der Waals surface area contributed by atoms with E-state index >= 15 is 0 Å². The van der Waals surface area contributed by atoms with Crippen LogP contribution in [-0.4, -0.2) is 71.1 Å². The van der Waals surface area contributed by atoms with Crippen LogP contribution in [0.2, 0.25) is 0 Å². The molecule has 1 aromatic carbocycles. The maximum atomic E-state index is 15.0. The lowest BCUT2D eigenvalue weighted by atomic mass is 9.97. The Morgan fingerprint density at radius 3 is 2.69 bits per heavy atom. The van der Waals surface area contributed by atoms with Gasteiger partial charge in [0.1, 0.15) is 11.0 Å². The number of hydrogen-bond donors (Lipinski definition) is 2. The lowest BCUT2D eigenvalue weighted by Gasteiger charge is -2.37. The van der Waals surface area contributed by atoms with E-state index in [1.165, 1.54) is 11.3 Å². The van der Waals surface area contributed by atoms with Crippen LogP contribution in [0.15, 0.2) is 41.9 Å². The molecular formula is C25H23FN6O2S. The number of anilines is 1. The number of carbonyl (C=O) groups is 2. The second kappa shape index (κ2) is 8.24. The molecule has 3 aromatic heterocycles. The minimum Gasteiger partial charge on any atom is -0.352 e. The Labute approximate surface area is 204 Å². The zero-order valence-electron chi connectivity index (χ0n) is 19.2. The number of aromatic amines is 1. The van der Waals surface area contributed by atoms with Crippen LogP contribution in [0.3, 0.4) is 0 Å². The minimum atomic E-state index is -1.06. The van der Waals surface area contributed by atoms with Crippen molar-refractivity contribution in [3.8, 4) is 0 Å². The molecule has 0 radical (unpaired) electrons. The molecule has 2 atom stereocenters. The van der Waals surface area contributed by atoms with Crippen LogP contribution in [-0.2, 0) is 9.59 Å². The highest BCUT2D eigenvalue weighted by molar-refractivity contribution is 7.16. The summed E-state index contributed by atoms with van der Waals surface area (Å²) < 4.78 is 15.0. The summed E-state index contributed by atoms with van der Waals surface area (Å²) in [5.74, 6) is -0.608. The summed E-state index contributed by atoms with van der Waals surface area (Å²) in [6.45, 7) is 0.746. The van der Waals surface area contributed by atoms with Gasteiger partial charge in [0.15, 0.2) is 0 Å². The average Bonchev–Trinajstić information content (AvgIpc) is 3.52. The number of rotatable bonds is 4. The molecule has 2 amide bonds. The van der Waals surface area contributed by atoms with E-state index in [0.29, 0.717) is 41.1 Å². The van der Waals surface area contributed by atoms with Crippen LogP contribution in [0.5, 0.6) is 0 Å². The SMILES string of the molecule is CN(C)[C@H]1CCN(c2nc(C3=C(c4c[nH]c5sccc45)C(=O)NC3=O)c3ccccc3n2)C[C@H]1F. The van der Waals surface area contributed by atoms with Gasteiger partial charge in [-0.2, -0.15) is 0 Å². The average molecular weight is 491 g/mol. The van der Waals surface area contributed by atoms with Crippen LogP contribution >= 0.6 is 11.3 Å². The van der Waals surface area contributed by atoms with Crippen molar-refractivity contribution >= 4 is 61.4 Å². The first-order valence-corrected chi connectivity index (χ1v) is 12.3.